The van der Waals surface area contributed by atoms with E-state index in [-0.39, 0.29) is 24.8 Å². The fourth-order valence-corrected chi connectivity index (χ4v) is 4.96. The van der Waals surface area contributed by atoms with Crippen LogP contribution in [0.25, 0.3) is 0 Å². The number of piperazine rings is 1. The van der Waals surface area contributed by atoms with E-state index in [1.807, 2.05) is 11.0 Å². The maximum absolute atomic E-state index is 15.1. The first-order valence-corrected chi connectivity index (χ1v) is 12.8. The molecule has 2 amide bonds. The van der Waals surface area contributed by atoms with Crippen LogP contribution >= 0.6 is 0 Å². The highest BCUT2D eigenvalue weighted by atomic mass is 19.1. The molecule has 3 saturated heterocycles. The molecule has 1 aromatic heterocycles. The summed E-state index contributed by atoms with van der Waals surface area (Å²) >= 11 is 0. The zero-order valence-corrected chi connectivity index (χ0v) is 21.2. The third kappa shape index (κ3) is 6.41. The van der Waals surface area contributed by atoms with Gasteiger partial charge in [-0.3, -0.25) is 19.5 Å². The van der Waals surface area contributed by atoms with Crippen LogP contribution in [0.15, 0.2) is 34.7 Å². The Labute approximate surface area is 215 Å². The molecular formula is C26H34FN5O5. The van der Waals surface area contributed by atoms with Crippen LogP contribution in [-0.2, 0) is 27.4 Å². The molecule has 37 heavy (non-hydrogen) atoms. The second-order valence-electron chi connectivity index (χ2n) is 9.71. The summed E-state index contributed by atoms with van der Waals surface area (Å²) in [6, 6.07) is 8.94. The summed E-state index contributed by atoms with van der Waals surface area (Å²) in [6.07, 6.45) is -1.00. The second-order valence-corrected chi connectivity index (χ2v) is 9.71. The van der Waals surface area contributed by atoms with E-state index in [1.165, 1.54) is 17.9 Å². The minimum atomic E-state index is -0.540. The Morgan fingerprint density at radius 2 is 1.68 bits per heavy atom. The average Bonchev–Trinajstić information content (AvgIpc) is 3.49. The van der Waals surface area contributed by atoms with Gasteiger partial charge in [-0.25, -0.2) is 9.18 Å². The van der Waals surface area contributed by atoms with Crippen LogP contribution in [0.2, 0.25) is 0 Å². The van der Waals surface area contributed by atoms with Gasteiger partial charge in [-0.05, 0) is 30.3 Å². The summed E-state index contributed by atoms with van der Waals surface area (Å²) in [5.74, 6) is 1.35. The van der Waals surface area contributed by atoms with Gasteiger partial charge in [0.25, 0.3) is 0 Å². The lowest BCUT2D eigenvalue weighted by Gasteiger charge is -2.36. The standard InChI is InChI=1S/C26H34FN5O5/c1-19(33)28-15-23-18-32(26(34)37-23)20-2-5-25(24(27)14-20)31-8-6-29(7-9-31)16-21-3-4-22(36-21)17-30-10-12-35-13-11-30/h2-5,14,23H,6-13,15-18H2,1H3,(H,28,33). The number of furan rings is 1. The molecule has 200 valence electrons. The minimum Gasteiger partial charge on any atom is -0.463 e. The van der Waals surface area contributed by atoms with Gasteiger partial charge in [0.05, 0.1) is 50.8 Å². The van der Waals surface area contributed by atoms with E-state index in [0.717, 1.165) is 64.0 Å². The Balaban J connectivity index is 1.11. The largest absolute Gasteiger partial charge is 0.463 e. The van der Waals surface area contributed by atoms with Crippen LogP contribution in [0, 0.1) is 5.82 Å². The number of carbonyl (C=O) groups is 2. The van der Waals surface area contributed by atoms with Gasteiger partial charge in [-0.2, -0.15) is 0 Å². The molecule has 2 aromatic rings. The number of hydrogen-bond donors (Lipinski definition) is 1. The predicted molar refractivity (Wildman–Crippen MR) is 135 cm³/mol. The number of benzene rings is 1. The molecule has 3 aliphatic rings. The molecule has 0 spiro atoms. The Hall–Kier alpha value is -3.15. The van der Waals surface area contributed by atoms with Crippen molar-refractivity contribution in [1.82, 2.24) is 15.1 Å². The van der Waals surface area contributed by atoms with E-state index in [9.17, 15) is 9.59 Å². The van der Waals surface area contributed by atoms with Crippen molar-refractivity contribution in [2.45, 2.75) is 26.1 Å². The highest BCUT2D eigenvalue weighted by Crippen LogP contribution is 2.29. The highest BCUT2D eigenvalue weighted by molar-refractivity contribution is 5.90. The third-order valence-electron chi connectivity index (χ3n) is 6.99. The van der Waals surface area contributed by atoms with E-state index in [4.69, 9.17) is 13.9 Å². The first kappa shape index (κ1) is 25.5. The van der Waals surface area contributed by atoms with Gasteiger partial charge in [0.2, 0.25) is 5.91 Å². The van der Waals surface area contributed by atoms with Gasteiger partial charge in [0.1, 0.15) is 23.4 Å². The monoisotopic (exact) mass is 515 g/mol. The summed E-state index contributed by atoms with van der Waals surface area (Å²) in [4.78, 5) is 31.4. The first-order valence-electron chi connectivity index (χ1n) is 12.8. The molecule has 0 radical (unpaired) electrons. The Bertz CT molecular complexity index is 1100. The predicted octanol–water partition coefficient (Wildman–Crippen LogP) is 2.03. The molecule has 5 rings (SSSR count). The molecule has 1 N–H and O–H groups in total. The lowest BCUT2D eigenvalue weighted by atomic mass is 10.2. The van der Waals surface area contributed by atoms with Gasteiger partial charge in [-0.1, -0.05) is 0 Å². The Morgan fingerprint density at radius 1 is 1.00 bits per heavy atom. The smallest absolute Gasteiger partial charge is 0.414 e. The van der Waals surface area contributed by atoms with Crippen LogP contribution in [0.1, 0.15) is 18.4 Å². The van der Waals surface area contributed by atoms with Crippen LogP contribution < -0.4 is 15.1 Å². The minimum absolute atomic E-state index is 0.192. The SMILES string of the molecule is CC(=O)NCC1CN(c2ccc(N3CCN(Cc4ccc(CN5CCOCC5)o4)CC3)c(F)c2)C(=O)O1. The summed E-state index contributed by atoms with van der Waals surface area (Å²) in [6.45, 7) is 9.81. The van der Waals surface area contributed by atoms with Gasteiger partial charge in [0.15, 0.2) is 0 Å². The molecule has 1 atom stereocenters. The van der Waals surface area contributed by atoms with E-state index in [2.05, 4.69) is 21.2 Å². The normalized spacial score (nSPS) is 21.4. The lowest BCUT2D eigenvalue weighted by Crippen LogP contribution is -2.46. The van der Waals surface area contributed by atoms with Crippen molar-refractivity contribution >= 4 is 23.4 Å². The number of ether oxygens (including phenoxy) is 2. The third-order valence-corrected chi connectivity index (χ3v) is 6.99. The highest BCUT2D eigenvalue weighted by Gasteiger charge is 2.33. The van der Waals surface area contributed by atoms with Crippen LogP contribution in [0.4, 0.5) is 20.6 Å². The van der Waals surface area contributed by atoms with Crippen molar-refractivity contribution < 1.29 is 27.9 Å². The van der Waals surface area contributed by atoms with E-state index in [1.54, 1.807) is 12.1 Å². The number of amides is 2. The number of carbonyl (C=O) groups excluding carboxylic acids is 2. The van der Waals surface area contributed by atoms with Crippen molar-refractivity contribution in [1.29, 1.82) is 0 Å². The number of rotatable bonds is 8. The Morgan fingerprint density at radius 3 is 2.32 bits per heavy atom. The number of halogens is 1. The molecule has 11 heteroatoms. The molecule has 3 aliphatic heterocycles. The first-order chi connectivity index (χ1) is 17.9. The van der Waals surface area contributed by atoms with Crippen molar-refractivity contribution in [3.63, 3.8) is 0 Å². The topological polar surface area (TPSA) is 90.7 Å². The number of cyclic esters (lactones) is 1. The van der Waals surface area contributed by atoms with Crippen LogP contribution in [-0.4, -0.2) is 93.5 Å². The van der Waals surface area contributed by atoms with Gasteiger partial charge >= 0.3 is 6.09 Å². The fourth-order valence-electron chi connectivity index (χ4n) is 4.96. The average molecular weight is 516 g/mol. The van der Waals surface area contributed by atoms with Gasteiger partial charge in [0, 0.05) is 46.2 Å². The maximum atomic E-state index is 15.1. The molecular weight excluding hydrogens is 481 g/mol. The van der Waals surface area contributed by atoms with Gasteiger partial charge < -0.3 is 24.1 Å². The number of nitrogens with one attached hydrogen (secondary N) is 1. The van der Waals surface area contributed by atoms with E-state index < -0.39 is 12.2 Å². The number of morpholine rings is 1. The second kappa shape index (κ2) is 11.5. The van der Waals surface area contributed by atoms with Gasteiger partial charge in [-0.15, -0.1) is 0 Å². The summed E-state index contributed by atoms with van der Waals surface area (Å²) < 4.78 is 31.8. The summed E-state index contributed by atoms with van der Waals surface area (Å²) in [5.41, 5.74) is 0.970. The van der Waals surface area contributed by atoms with E-state index >= 15 is 4.39 Å². The fraction of sp³-hybridized carbons (Fsp3) is 0.538. The number of anilines is 2. The zero-order valence-electron chi connectivity index (χ0n) is 21.2. The summed E-state index contributed by atoms with van der Waals surface area (Å²) in [7, 11) is 0. The lowest BCUT2D eigenvalue weighted by molar-refractivity contribution is -0.119. The van der Waals surface area contributed by atoms with Crippen molar-refractivity contribution in [2.75, 3.05) is 75.4 Å². The zero-order chi connectivity index (χ0) is 25.8. The molecule has 0 bridgehead atoms. The quantitative estimate of drug-likeness (QED) is 0.571. The maximum Gasteiger partial charge on any atom is 0.414 e. The number of hydrogen-bond acceptors (Lipinski definition) is 8. The molecule has 1 aromatic carbocycles. The van der Waals surface area contributed by atoms with Crippen LogP contribution in [0.3, 0.4) is 0 Å². The van der Waals surface area contributed by atoms with Crippen LogP contribution in [0.5, 0.6) is 0 Å². The summed E-state index contributed by atoms with van der Waals surface area (Å²) in [5, 5.41) is 2.64. The molecule has 10 nitrogen and oxygen atoms in total. The number of nitrogens with zero attached hydrogens (tertiary/aromatic N) is 4. The molecule has 4 heterocycles. The Kier molecular flexibility index (Phi) is 7.92. The van der Waals surface area contributed by atoms with Crippen molar-refractivity contribution in [3.8, 4) is 0 Å². The van der Waals surface area contributed by atoms with Crippen molar-refractivity contribution in [2.24, 2.45) is 0 Å². The molecule has 0 aliphatic carbocycles. The van der Waals surface area contributed by atoms with E-state index in [0.29, 0.717) is 24.5 Å². The van der Waals surface area contributed by atoms with Crippen molar-refractivity contribution in [3.05, 3.63) is 47.7 Å². The molecule has 3 fully saturated rings. The molecule has 1 unspecified atom stereocenters. The molecule has 0 saturated carbocycles.